The number of carbonyl (C=O) groups excluding carboxylic acids is 1. The zero-order chi connectivity index (χ0) is 17.7. The van der Waals surface area contributed by atoms with Gasteiger partial charge >= 0.3 is 5.97 Å². The fraction of sp³-hybridized carbons (Fsp3) is 0.222. The summed E-state index contributed by atoms with van der Waals surface area (Å²) in [6.07, 6.45) is 5.13. The quantitative estimate of drug-likeness (QED) is 0.672. The van der Waals surface area contributed by atoms with Gasteiger partial charge in [0.05, 0.1) is 18.6 Å². The van der Waals surface area contributed by atoms with Crippen molar-refractivity contribution in [1.82, 2.24) is 0 Å². The third-order valence-electron chi connectivity index (χ3n) is 3.56. The van der Waals surface area contributed by atoms with Crippen molar-refractivity contribution in [3.05, 3.63) is 52.6 Å². The first kappa shape index (κ1) is 17.0. The number of rotatable bonds is 4. The number of methoxy groups -OCH3 is 1. The lowest BCUT2D eigenvalue weighted by Gasteiger charge is -2.27. The average molecular weight is 324 g/mol. The number of para-hydroxylation sites is 1. The molecule has 1 unspecified atom stereocenters. The van der Waals surface area contributed by atoms with E-state index in [1.165, 1.54) is 7.11 Å². The Morgan fingerprint density at radius 2 is 2.17 bits per heavy atom. The van der Waals surface area contributed by atoms with Gasteiger partial charge in [-0.25, -0.2) is 4.79 Å². The van der Waals surface area contributed by atoms with Gasteiger partial charge in [0.25, 0.3) is 0 Å². The zero-order valence-corrected chi connectivity index (χ0v) is 13.3. The van der Waals surface area contributed by atoms with Gasteiger partial charge in [-0.2, -0.15) is 5.26 Å². The van der Waals surface area contributed by atoms with E-state index in [1.807, 2.05) is 6.07 Å². The molecule has 2 N–H and O–H groups in total. The molecule has 0 spiro atoms. The van der Waals surface area contributed by atoms with Gasteiger partial charge in [0.2, 0.25) is 5.88 Å². The van der Waals surface area contributed by atoms with Crippen molar-refractivity contribution in [3.63, 3.8) is 0 Å². The summed E-state index contributed by atoms with van der Waals surface area (Å²) < 4.78 is 15.7. The molecule has 0 amide bonds. The van der Waals surface area contributed by atoms with Gasteiger partial charge in [-0.05, 0) is 13.0 Å². The van der Waals surface area contributed by atoms with Crippen molar-refractivity contribution in [3.8, 4) is 24.2 Å². The molecule has 2 rings (SSSR count). The molecule has 0 aromatic heterocycles. The highest BCUT2D eigenvalue weighted by Gasteiger charge is 2.37. The van der Waals surface area contributed by atoms with Crippen LogP contribution < -0.4 is 10.5 Å². The van der Waals surface area contributed by atoms with Crippen LogP contribution in [0.3, 0.4) is 0 Å². The maximum absolute atomic E-state index is 12.4. The van der Waals surface area contributed by atoms with Gasteiger partial charge in [-0.3, -0.25) is 0 Å². The Kier molecular flexibility index (Phi) is 5.13. The summed E-state index contributed by atoms with van der Waals surface area (Å²) in [5, 5.41) is 9.50. The average Bonchev–Trinajstić information content (AvgIpc) is 2.59. The first-order valence-electron chi connectivity index (χ1n) is 7.07. The highest BCUT2D eigenvalue weighted by Crippen LogP contribution is 2.42. The highest BCUT2D eigenvalue weighted by atomic mass is 16.5. The molecule has 6 heteroatoms. The monoisotopic (exact) mass is 324 g/mol. The number of esters is 1. The molecule has 0 fully saturated rings. The van der Waals surface area contributed by atoms with Crippen LogP contribution in [0.5, 0.6) is 5.75 Å². The van der Waals surface area contributed by atoms with E-state index in [9.17, 15) is 10.1 Å². The van der Waals surface area contributed by atoms with Crippen molar-refractivity contribution < 1.29 is 19.0 Å². The fourth-order valence-electron chi connectivity index (χ4n) is 2.55. The molecule has 1 aromatic rings. The van der Waals surface area contributed by atoms with Crippen LogP contribution in [0.4, 0.5) is 0 Å². The summed E-state index contributed by atoms with van der Waals surface area (Å²) in [7, 11) is 1.50. The Balaban J connectivity index is 2.63. The summed E-state index contributed by atoms with van der Waals surface area (Å²) in [5.74, 6) is 1.52. The molecule has 1 aliphatic rings. The lowest BCUT2D eigenvalue weighted by atomic mass is 9.82. The highest BCUT2D eigenvalue weighted by molar-refractivity contribution is 5.93. The smallest absolute Gasteiger partial charge is 0.339 e. The minimum absolute atomic E-state index is 0.0561. The van der Waals surface area contributed by atoms with Gasteiger partial charge in [0, 0.05) is 5.56 Å². The van der Waals surface area contributed by atoms with E-state index in [4.69, 9.17) is 26.4 Å². The van der Waals surface area contributed by atoms with Crippen molar-refractivity contribution in [1.29, 1.82) is 5.26 Å². The third-order valence-corrected chi connectivity index (χ3v) is 3.56. The Morgan fingerprint density at radius 3 is 2.79 bits per heavy atom. The number of carbonyl (C=O) groups is 1. The van der Waals surface area contributed by atoms with Crippen LogP contribution in [-0.4, -0.2) is 19.7 Å². The molecule has 0 saturated heterocycles. The second-order valence-corrected chi connectivity index (χ2v) is 4.92. The number of terminal acetylenes is 1. The summed E-state index contributed by atoms with van der Waals surface area (Å²) >= 11 is 0. The summed E-state index contributed by atoms with van der Waals surface area (Å²) in [4.78, 5) is 12.4. The van der Waals surface area contributed by atoms with E-state index < -0.39 is 11.9 Å². The molecule has 0 aliphatic carbocycles. The Labute approximate surface area is 140 Å². The summed E-state index contributed by atoms with van der Waals surface area (Å²) in [5.41, 5.74) is 6.72. The minimum atomic E-state index is -0.759. The maximum atomic E-state index is 12.4. The maximum Gasteiger partial charge on any atom is 0.339 e. The third kappa shape index (κ3) is 3.04. The van der Waals surface area contributed by atoms with E-state index >= 15 is 0 Å². The predicted molar refractivity (Wildman–Crippen MR) is 86.1 cm³/mol. The fourth-order valence-corrected chi connectivity index (χ4v) is 2.55. The molecular formula is C18H16N2O4. The van der Waals surface area contributed by atoms with Gasteiger partial charge in [0.1, 0.15) is 23.2 Å². The molecule has 24 heavy (non-hydrogen) atoms. The predicted octanol–water partition coefficient (Wildman–Crippen LogP) is 1.95. The van der Waals surface area contributed by atoms with Crippen molar-refractivity contribution >= 4 is 5.97 Å². The number of hydrogen-bond acceptors (Lipinski definition) is 6. The van der Waals surface area contributed by atoms with Crippen LogP contribution in [0.25, 0.3) is 0 Å². The van der Waals surface area contributed by atoms with Crippen molar-refractivity contribution in [2.45, 2.75) is 12.8 Å². The van der Waals surface area contributed by atoms with Crippen LogP contribution in [-0.2, 0) is 14.3 Å². The topological polar surface area (TPSA) is 94.6 Å². The lowest BCUT2D eigenvalue weighted by Crippen LogP contribution is -2.26. The van der Waals surface area contributed by atoms with Crippen LogP contribution in [0.1, 0.15) is 18.4 Å². The standard InChI is InChI=1S/C18H16N2O4/c1-4-9-23-18(21)15-11(2)24-17(20)13(10-19)16(15)12-7-5-6-8-14(12)22-3/h1,5-8,16H,9,20H2,2-3H3. The molecule has 0 bridgehead atoms. The number of nitrogens with zero attached hydrogens (tertiary/aromatic N) is 1. The number of nitriles is 1. The number of hydrogen-bond donors (Lipinski definition) is 1. The van der Waals surface area contributed by atoms with Gasteiger partial charge in [-0.15, -0.1) is 6.42 Å². The van der Waals surface area contributed by atoms with E-state index in [-0.39, 0.29) is 29.4 Å². The summed E-state index contributed by atoms with van der Waals surface area (Å²) in [6, 6.07) is 9.05. The number of nitrogens with two attached hydrogens (primary N) is 1. The molecule has 1 aliphatic heterocycles. The number of allylic oxidation sites excluding steroid dienone is 2. The van der Waals surface area contributed by atoms with E-state index in [1.54, 1.807) is 31.2 Å². The van der Waals surface area contributed by atoms with Gasteiger partial charge in [-0.1, -0.05) is 24.1 Å². The van der Waals surface area contributed by atoms with Gasteiger partial charge in [0.15, 0.2) is 6.61 Å². The first-order valence-corrected chi connectivity index (χ1v) is 7.07. The molecule has 0 radical (unpaired) electrons. The molecule has 1 aromatic carbocycles. The van der Waals surface area contributed by atoms with E-state index in [0.717, 1.165) is 0 Å². The van der Waals surface area contributed by atoms with Crippen molar-refractivity contribution in [2.75, 3.05) is 13.7 Å². The molecule has 122 valence electrons. The molecule has 1 heterocycles. The van der Waals surface area contributed by atoms with Gasteiger partial charge < -0.3 is 19.9 Å². The molecular weight excluding hydrogens is 308 g/mol. The largest absolute Gasteiger partial charge is 0.496 e. The minimum Gasteiger partial charge on any atom is -0.496 e. The van der Waals surface area contributed by atoms with E-state index in [0.29, 0.717) is 11.3 Å². The SMILES string of the molecule is C#CCOC(=O)C1=C(C)OC(N)=C(C#N)C1c1ccccc1OC. The number of ether oxygens (including phenoxy) is 3. The normalized spacial score (nSPS) is 16.8. The second-order valence-electron chi connectivity index (χ2n) is 4.92. The van der Waals surface area contributed by atoms with Crippen LogP contribution in [0.2, 0.25) is 0 Å². The summed E-state index contributed by atoms with van der Waals surface area (Å²) in [6.45, 7) is 1.39. The Hall–Kier alpha value is -3.38. The molecule has 0 saturated carbocycles. The molecule has 6 nitrogen and oxygen atoms in total. The first-order chi connectivity index (χ1) is 11.5. The zero-order valence-electron chi connectivity index (χ0n) is 13.3. The second kappa shape index (κ2) is 7.26. The Morgan fingerprint density at radius 1 is 1.46 bits per heavy atom. The van der Waals surface area contributed by atoms with Crippen LogP contribution in [0, 0.1) is 23.7 Å². The van der Waals surface area contributed by atoms with Crippen LogP contribution >= 0.6 is 0 Å². The number of benzene rings is 1. The Bertz CT molecular complexity index is 809. The van der Waals surface area contributed by atoms with Crippen molar-refractivity contribution in [2.24, 2.45) is 5.73 Å². The van der Waals surface area contributed by atoms with Crippen LogP contribution in [0.15, 0.2) is 47.1 Å². The lowest BCUT2D eigenvalue weighted by molar-refractivity contribution is -0.138. The molecule has 1 atom stereocenters. The van der Waals surface area contributed by atoms with E-state index in [2.05, 4.69) is 5.92 Å².